The van der Waals surface area contributed by atoms with Crippen LogP contribution in [0.5, 0.6) is 5.75 Å². The number of hydrogen-bond acceptors (Lipinski definition) is 3. The molecule has 0 saturated heterocycles. The van der Waals surface area contributed by atoms with E-state index in [9.17, 15) is 13.2 Å². The minimum absolute atomic E-state index is 0.0145. The third-order valence-electron chi connectivity index (χ3n) is 2.55. The molecule has 17 heavy (non-hydrogen) atoms. The Morgan fingerprint density at radius 2 is 1.94 bits per heavy atom. The number of para-hydroxylation sites is 1. The zero-order valence-corrected chi connectivity index (χ0v) is 8.41. The standard InChI is InChI=1S/C11H6F3NO2/c12-11(13,14)10-9-6-3-1-2-4-7(6)16-5-8(9)17-15-10/h1-4H,5H2. The molecule has 1 aromatic carbocycles. The van der Waals surface area contributed by atoms with Crippen molar-refractivity contribution in [3.05, 3.63) is 35.7 Å². The van der Waals surface area contributed by atoms with E-state index in [1.807, 2.05) is 0 Å². The van der Waals surface area contributed by atoms with Gasteiger partial charge in [0.25, 0.3) is 0 Å². The first-order chi connectivity index (χ1) is 8.07. The summed E-state index contributed by atoms with van der Waals surface area (Å²) >= 11 is 0. The molecule has 3 rings (SSSR count). The fourth-order valence-electron chi connectivity index (χ4n) is 1.84. The van der Waals surface area contributed by atoms with Gasteiger partial charge in [0, 0.05) is 5.56 Å². The molecule has 0 amide bonds. The molecule has 0 N–H and O–H groups in total. The van der Waals surface area contributed by atoms with Gasteiger partial charge < -0.3 is 9.26 Å². The lowest BCUT2D eigenvalue weighted by Gasteiger charge is -2.16. The maximum atomic E-state index is 12.7. The molecule has 1 aliphatic rings. The minimum atomic E-state index is -4.53. The monoisotopic (exact) mass is 241 g/mol. The van der Waals surface area contributed by atoms with Crippen molar-refractivity contribution in [2.24, 2.45) is 0 Å². The van der Waals surface area contributed by atoms with E-state index in [4.69, 9.17) is 4.74 Å². The van der Waals surface area contributed by atoms with Crippen molar-refractivity contribution in [1.29, 1.82) is 0 Å². The van der Waals surface area contributed by atoms with E-state index >= 15 is 0 Å². The second-order valence-corrected chi connectivity index (χ2v) is 3.61. The number of aromatic nitrogens is 1. The highest BCUT2D eigenvalue weighted by atomic mass is 19.4. The second kappa shape index (κ2) is 3.26. The quantitative estimate of drug-likeness (QED) is 0.710. The van der Waals surface area contributed by atoms with Gasteiger partial charge in [0.2, 0.25) is 0 Å². The van der Waals surface area contributed by atoms with Crippen LogP contribution in [0.4, 0.5) is 13.2 Å². The Hall–Kier alpha value is -1.98. The molecule has 0 radical (unpaired) electrons. The molecule has 1 aromatic heterocycles. The Morgan fingerprint density at radius 1 is 1.18 bits per heavy atom. The normalized spacial score (nSPS) is 13.8. The van der Waals surface area contributed by atoms with Crippen LogP contribution >= 0.6 is 0 Å². The first-order valence-corrected chi connectivity index (χ1v) is 4.85. The summed E-state index contributed by atoms with van der Waals surface area (Å²) in [5, 5.41) is 3.09. The molecular formula is C11H6F3NO2. The van der Waals surface area contributed by atoms with Crippen LogP contribution < -0.4 is 4.74 Å². The zero-order chi connectivity index (χ0) is 12.0. The average Bonchev–Trinajstić information content (AvgIpc) is 2.72. The summed E-state index contributed by atoms with van der Waals surface area (Å²) in [6.45, 7) is -0.0323. The molecule has 0 spiro atoms. The van der Waals surface area contributed by atoms with Crippen LogP contribution in [0.15, 0.2) is 28.8 Å². The van der Waals surface area contributed by atoms with Crippen molar-refractivity contribution in [2.45, 2.75) is 12.8 Å². The van der Waals surface area contributed by atoms with Crippen molar-refractivity contribution >= 4 is 0 Å². The summed E-state index contributed by atoms with van der Waals surface area (Å²) in [5.74, 6) is 0.518. The predicted octanol–water partition coefficient (Wildman–Crippen LogP) is 3.25. The first-order valence-electron chi connectivity index (χ1n) is 4.85. The Labute approximate surface area is 93.8 Å². The van der Waals surface area contributed by atoms with Crippen molar-refractivity contribution in [2.75, 3.05) is 0 Å². The molecule has 0 atom stereocenters. The molecule has 2 heterocycles. The molecular weight excluding hydrogens is 235 g/mol. The van der Waals surface area contributed by atoms with Gasteiger partial charge in [0.15, 0.2) is 11.5 Å². The third kappa shape index (κ3) is 1.48. The lowest BCUT2D eigenvalue weighted by Crippen LogP contribution is -2.10. The molecule has 3 nitrogen and oxygen atoms in total. The summed E-state index contributed by atoms with van der Waals surface area (Å²) in [6.07, 6.45) is -4.53. The van der Waals surface area contributed by atoms with Gasteiger partial charge in [-0.2, -0.15) is 13.2 Å². The van der Waals surface area contributed by atoms with Crippen LogP contribution in [-0.4, -0.2) is 5.16 Å². The molecule has 6 heteroatoms. The van der Waals surface area contributed by atoms with Gasteiger partial charge in [0.05, 0.1) is 5.56 Å². The molecule has 2 aromatic rings. The maximum Gasteiger partial charge on any atom is 0.437 e. The van der Waals surface area contributed by atoms with Crippen LogP contribution in [0.1, 0.15) is 11.5 Å². The average molecular weight is 241 g/mol. The SMILES string of the molecule is FC(F)(F)c1noc2c1-c1ccccc1OC2. The van der Waals surface area contributed by atoms with E-state index in [2.05, 4.69) is 9.68 Å². The Morgan fingerprint density at radius 3 is 2.71 bits per heavy atom. The lowest BCUT2D eigenvalue weighted by molar-refractivity contribution is -0.142. The number of halogens is 3. The molecule has 0 unspecified atom stereocenters. The number of nitrogens with zero attached hydrogens (tertiary/aromatic N) is 1. The Balaban J connectivity index is 2.27. The fourth-order valence-corrected chi connectivity index (χ4v) is 1.84. The lowest BCUT2D eigenvalue weighted by atomic mass is 10.0. The van der Waals surface area contributed by atoms with Crippen molar-refractivity contribution in [1.82, 2.24) is 5.16 Å². The van der Waals surface area contributed by atoms with Gasteiger partial charge in [0.1, 0.15) is 12.4 Å². The van der Waals surface area contributed by atoms with Gasteiger partial charge in [-0.05, 0) is 6.07 Å². The molecule has 88 valence electrons. The van der Waals surface area contributed by atoms with E-state index in [1.165, 1.54) is 0 Å². The highest BCUT2D eigenvalue weighted by molar-refractivity contribution is 5.75. The van der Waals surface area contributed by atoms with Crippen molar-refractivity contribution < 1.29 is 22.4 Å². The molecule has 1 aliphatic heterocycles. The van der Waals surface area contributed by atoms with Gasteiger partial charge in [-0.25, -0.2) is 0 Å². The van der Waals surface area contributed by atoms with Crippen molar-refractivity contribution in [3.8, 4) is 16.9 Å². The van der Waals surface area contributed by atoms with Crippen LogP contribution in [0.25, 0.3) is 11.1 Å². The number of alkyl halides is 3. The number of benzene rings is 1. The molecule has 0 fully saturated rings. The molecule has 0 aliphatic carbocycles. The van der Waals surface area contributed by atoms with E-state index in [-0.39, 0.29) is 17.9 Å². The summed E-state index contributed by atoms with van der Waals surface area (Å²) in [4.78, 5) is 0. The van der Waals surface area contributed by atoms with E-state index < -0.39 is 11.9 Å². The summed E-state index contributed by atoms with van der Waals surface area (Å²) in [7, 11) is 0. The van der Waals surface area contributed by atoms with Gasteiger partial charge >= 0.3 is 6.18 Å². The zero-order valence-electron chi connectivity index (χ0n) is 8.41. The van der Waals surface area contributed by atoms with Gasteiger partial charge in [-0.15, -0.1) is 0 Å². The van der Waals surface area contributed by atoms with Gasteiger partial charge in [-0.1, -0.05) is 23.4 Å². The highest BCUT2D eigenvalue weighted by Crippen LogP contribution is 2.44. The third-order valence-corrected chi connectivity index (χ3v) is 2.55. The van der Waals surface area contributed by atoms with Crippen LogP contribution in [0.2, 0.25) is 0 Å². The molecule has 0 bridgehead atoms. The van der Waals surface area contributed by atoms with Crippen LogP contribution in [0, 0.1) is 0 Å². The molecule has 0 saturated carbocycles. The summed E-state index contributed by atoms with van der Waals surface area (Å²) < 4.78 is 48.2. The fraction of sp³-hybridized carbons (Fsp3) is 0.182. The minimum Gasteiger partial charge on any atom is -0.485 e. The number of hydrogen-bond donors (Lipinski definition) is 0. The van der Waals surface area contributed by atoms with Gasteiger partial charge in [-0.3, -0.25) is 0 Å². The van der Waals surface area contributed by atoms with Crippen molar-refractivity contribution in [3.63, 3.8) is 0 Å². The van der Waals surface area contributed by atoms with E-state index in [0.717, 1.165) is 0 Å². The highest BCUT2D eigenvalue weighted by Gasteiger charge is 2.41. The summed E-state index contributed by atoms with van der Waals surface area (Å²) in [5.41, 5.74) is -0.648. The smallest absolute Gasteiger partial charge is 0.437 e. The van der Waals surface area contributed by atoms with E-state index in [0.29, 0.717) is 11.3 Å². The Kier molecular flexibility index (Phi) is 1.95. The maximum absolute atomic E-state index is 12.7. The second-order valence-electron chi connectivity index (χ2n) is 3.61. The number of ether oxygens (including phenoxy) is 1. The first kappa shape index (κ1) is 10.2. The van der Waals surface area contributed by atoms with Crippen LogP contribution in [-0.2, 0) is 12.8 Å². The number of fused-ring (bicyclic) bond motifs is 3. The number of rotatable bonds is 0. The van der Waals surface area contributed by atoms with Crippen LogP contribution in [0.3, 0.4) is 0 Å². The topological polar surface area (TPSA) is 35.3 Å². The largest absolute Gasteiger partial charge is 0.485 e. The van der Waals surface area contributed by atoms with E-state index in [1.54, 1.807) is 24.3 Å². The predicted molar refractivity (Wildman–Crippen MR) is 51.3 cm³/mol. The Bertz CT molecular complexity index is 574. The summed E-state index contributed by atoms with van der Waals surface area (Å²) in [6, 6.07) is 6.51.